The smallest absolute Gasteiger partial charge is 0.0381 e. The molecule has 0 saturated carbocycles. The highest BCUT2D eigenvalue weighted by Crippen LogP contribution is 2.24. The molecule has 0 aromatic heterocycles. The number of rotatable bonds is 5. The summed E-state index contributed by atoms with van der Waals surface area (Å²) in [4.78, 5) is 0. The van der Waals surface area contributed by atoms with Gasteiger partial charge in [-0.3, -0.25) is 0 Å². The van der Waals surface area contributed by atoms with E-state index in [4.69, 9.17) is 5.73 Å². The first-order valence-electron chi connectivity index (χ1n) is 6.98. The van der Waals surface area contributed by atoms with Gasteiger partial charge in [-0.2, -0.15) is 0 Å². The molecule has 0 spiro atoms. The van der Waals surface area contributed by atoms with Gasteiger partial charge in [-0.05, 0) is 44.2 Å². The molecule has 2 aromatic carbocycles. The normalized spacial score (nSPS) is 14.1. The average molecular weight is 253 g/mol. The summed E-state index contributed by atoms with van der Waals surface area (Å²) < 4.78 is 0. The Morgan fingerprint density at radius 1 is 1.00 bits per heavy atom. The van der Waals surface area contributed by atoms with Crippen molar-refractivity contribution >= 4 is 0 Å². The molecule has 0 saturated heterocycles. The minimum absolute atomic E-state index is 0.235. The first-order chi connectivity index (χ1) is 9.08. The van der Waals surface area contributed by atoms with Crippen LogP contribution in [-0.4, -0.2) is 0 Å². The Kier molecular flexibility index (Phi) is 4.39. The first-order valence-corrected chi connectivity index (χ1v) is 6.98. The molecule has 0 aliphatic heterocycles. The van der Waals surface area contributed by atoms with Crippen LogP contribution in [-0.2, 0) is 12.0 Å². The largest absolute Gasteiger partial charge is 0.322 e. The third-order valence-corrected chi connectivity index (χ3v) is 3.68. The van der Waals surface area contributed by atoms with Crippen molar-refractivity contribution < 1.29 is 0 Å². The summed E-state index contributed by atoms with van der Waals surface area (Å²) in [7, 11) is 0. The van der Waals surface area contributed by atoms with Gasteiger partial charge in [0, 0.05) is 5.54 Å². The molecule has 2 aromatic rings. The molecule has 0 bridgehead atoms. The number of aryl methyl sites for hydroxylation is 2. The maximum absolute atomic E-state index is 6.47. The minimum Gasteiger partial charge on any atom is -0.322 e. The fraction of sp³-hybridized carbons (Fsp3) is 0.333. The Balaban J connectivity index is 1.94. The van der Waals surface area contributed by atoms with Crippen molar-refractivity contribution in [2.24, 2.45) is 5.73 Å². The van der Waals surface area contributed by atoms with Gasteiger partial charge in [-0.1, -0.05) is 60.2 Å². The van der Waals surface area contributed by atoms with Crippen LogP contribution >= 0.6 is 0 Å². The highest BCUT2D eigenvalue weighted by Gasteiger charge is 2.20. The summed E-state index contributed by atoms with van der Waals surface area (Å²) in [6.45, 7) is 4.25. The summed E-state index contributed by atoms with van der Waals surface area (Å²) in [6.07, 6.45) is 3.22. The zero-order chi connectivity index (χ0) is 13.7. The van der Waals surface area contributed by atoms with E-state index in [0.717, 1.165) is 19.3 Å². The van der Waals surface area contributed by atoms with Crippen molar-refractivity contribution in [3.8, 4) is 0 Å². The Morgan fingerprint density at radius 3 is 2.42 bits per heavy atom. The highest BCUT2D eigenvalue weighted by atomic mass is 14.7. The van der Waals surface area contributed by atoms with Crippen molar-refractivity contribution in [3.63, 3.8) is 0 Å². The predicted molar refractivity (Wildman–Crippen MR) is 82.1 cm³/mol. The lowest BCUT2D eigenvalue weighted by atomic mass is 9.86. The zero-order valence-electron chi connectivity index (χ0n) is 11.9. The fourth-order valence-electron chi connectivity index (χ4n) is 2.45. The lowest BCUT2D eigenvalue weighted by Gasteiger charge is -2.25. The summed E-state index contributed by atoms with van der Waals surface area (Å²) in [6, 6.07) is 19.1. The van der Waals surface area contributed by atoms with Gasteiger partial charge in [0.2, 0.25) is 0 Å². The SMILES string of the molecule is Cc1cccc(C(C)(N)CCCc2ccccc2)c1. The van der Waals surface area contributed by atoms with E-state index in [-0.39, 0.29) is 5.54 Å². The zero-order valence-corrected chi connectivity index (χ0v) is 11.9. The van der Waals surface area contributed by atoms with E-state index in [1.54, 1.807) is 0 Å². The molecule has 0 aliphatic rings. The lowest BCUT2D eigenvalue weighted by molar-refractivity contribution is 0.436. The Bertz CT molecular complexity index is 514. The van der Waals surface area contributed by atoms with Crippen LogP contribution in [0.1, 0.15) is 36.5 Å². The molecule has 0 radical (unpaired) electrons. The molecular weight excluding hydrogens is 230 g/mol. The summed E-state index contributed by atoms with van der Waals surface area (Å²) in [5, 5.41) is 0. The van der Waals surface area contributed by atoms with E-state index in [0.29, 0.717) is 0 Å². The van der Waals surface area contributed by atoms with Crippen LogP contribution in [0.4, 0.5) is 0 Å². The number of benzene rings is 2. The molecule has 0 amide bonds. The Labute approximate surface area is 116 Å². The topological polar surface area (TPSA) is 26.0 Å². The lowest BCUT2D eigenvalue weighted by Crippen LogP contribution is -2.33. The van der Waals surface area contributed by atoms with E-state index in [1.807, 2.05) is 0 Å². The third kappa shape index (κ3) is 3.93. The summed E-state index contributed by atoms with van der Waals surface area (Å²) in [5.41, 5.74) is 10.1. The summed E-state index contributed by atoms with van der Waals surface area (Å²) >= 11 is 0. The molecule has 0 aliphatic carbocycles. The van der Waals surface area contributed by atoms with E-state index >= 15 is 0 Å². The van der Waals surface area contributed by atoms with E-state index < -0.39 is 0 Å². The molecule has 1 atom stereocenters. The van der Waals surface area contributed by atoms with Crippen molar-refractivity contribution in [2.45, 2.75) is 38.6 Å². The van der Waals surface area contributed by atoms with Crippen LogP contribution in [0.5, 0.6) is 0 Å². The van der Waals surface area contributed by atoms with E-state index in [2.05, 4.69) is 68.4 Å². The second-order valence-electron chi connectivity index (χ2n) is 5.63. The van der Waals surface area contributed by atoms with Crippen LogP contribution in [0.2, 0.25) is 0 Å². The molecule has 2 rings (SSSR count). The molecule has 1 nitrogen and oxygen atoms in total. The molecule has 0 fully saturated rings. The maximum atomic E-state index is 6.47. The molecule has 0 heterocycles. The van der Waals surface area contributed by atoms with Crippen LogP contribution in [0.25, 0.3) is 0 Å². The van der Waals surface area contributed by atoms with E-state index in [9.17, 15) is 0 Å². The molecular formula is C18H23N. The first kappa shape index (κ1) is 13.8. The average Bonchev–Trinajstić information content (AvgIpc) is 2.40. The monoisotopic (exact) mass is 253 g/mol. The van der Waals surface area contributed by atoms with Gasteiger partial charge in [-0.25, -0.2) is 0 Å². The van der Waals surface area contributed by atoms with Crippen molar-refractivity contribution in [2.75, 3.05) is 0 Å². The number of hydrogen-bond donors (Lipinski definition) is 1. The fourth-order valence-corrected chi connectivity index (χ4v) is 2.45. The van der Waals surface area contributed by atoms with Crippen molar-refractivity contribution in [3.05, 3.63) is 71.3 Å². The third-order valence-electron chi connectivity index (χ3n) is 3.68. The quantitative estimate of drug-likeness (QED) is 0.849. The minimum atomic E-state index is -0.235. The van der Waals surface area contributed by atoms with Gasteiger partial charge < -0.3 is 5.73 Å². The van der Waals surface area contributed by atoms with Crippen LogP contribution < -0.4 is 5.73 Å². The number of nitrogens with two attached hydrogens (primary N) is 1. The van der Waals surface area contributed by atoms with Gasteiger partial charge in [-0.15, -0.1) is 0 Å². The second kappa shape index (κ2) is 6.03. The molecule has 19 heavy (non-hydrogen) atoms. The van der Waals surface area contributed by atoms with Gasteiger partial charge in [0.1, 0.15) is 0 Å². The van der Waals surface area contributed by atoms with Crippen LogP contribution in [0.15, 0.2) is 54.6 Å². The Hall–Kier alpha value is -1.60. The van der Waals surface area contributed by atoms with Crippen LogP contribution in [0, 0.1) is 6.92 Å². The molecule has 1 heteroatoms. The highest BCUT2D eigenvalue weighted by molar-refractivity contribution is 5.28. The van der Waals surface area contributed by atoms with Crippen molar-refractivity contribution in [1.82, 2.24) is 0 Å². The van der Waals surface area contributed by atoms with Gasteiger partial charge in [0.15, 0.2) is 0 Å². The van der Waals surface area contributed by atoms with Gasteiger partial charge in [0.05, 0.1) is 0 Å². The summed E-state index contributed by atoms with van der Waals surface area (Å²) in [5.74, 6) is 0. The van der Waals surface area contributed by atoms with Crippen molar-refractivity contribution in [1.29, 1.82) is 0 Å². The van der Waals surface area contributed by atoms with Gasteiger partial charge in [0.25, 0.3) is 0 Å². The van der Waals surface area contributed by atoms with Gasteiger partial charge >= 0.3 is 0 Å². The molecule has 100 valence electrons. The molecule has 2 N–H and O–H groups in total. The Morgan fingerprint density at radius 2 is 1.74 bits per heavy atom. The maximum Gasteiger partial charge on any atom is 0.0381 e. The predicted octanol–water partition coefficient (Wildman–Crippen LogP) is 4.19. The second-order valence-corrected chi connectivity index (χ2v) is 5.63. The van der Waals surface area contributed by atoms with Crippen LogP contribution in [0.3, 0.4) is 0 Å². The van der Waals surface area contributed by atoms with E-state index in [1.165, 1.54) is 16.7 Å². The standard InChI is InChI=1S/C18H23N/c1-15-8-6-12-17(14-15)18(2,19)13-7-11-16-9-4-3-5-10-16/h3-6,8-10,12,14H,7,11,13,19H2,1-2H3. The number of hydrogen-bond acceptors (Lipinski definition) is 1. The molecule has 1 unspecified atom stereocenters.